The highest BCUT2D eigenvalue weighted by molar-refractivity contribution is 6.33. The van der Waals surface area contributed by atoms with E-state index in [1.54, 1.807) is 6.20 Å². The second-order valence-corrected chi connectivity index (χ2v) is 5.31. The lowest BCUT2D eigenvalue weighted by molar-refractivity contribution is 0.638. The van der Waals surface area contributed by atoms with Crippen LogP contribution in [0.15, 0.2) is 23.4 Å². The predicted octanol–water partition coefficient (Wildman–Crippen LogP) is 0.848. The third-order valence-electron chi connectivity index (χ3n) is 3.45. The number of nitrogens with one attached hydrogen (secondary N) is 1. The lowest BCUT2D eigenvalue weighted by Gasteiger charge is -2.36. The van der Waals surface area contributed by atoms with Gasteiger partial charge in [-0.3, -0.25) is 4.79 Å². The molecule has 0 unspecified atom stereocenters. The topological polar surface area (TPSA) is 78.0 Å². The van der Waals surface area contributed by atoms with E-state index >= 15 is 0 Å². The summed E-state index contributed by atoms with van der Waals surface area (Å²) in [5.41, 5.74) is 1.35. The third kappa shape index (κ3) is 2.82. The Morgan fingerprint density at radius 2 is 1.71 bits per heavy atom. The van der Waals surface area contributed by atoms with Gasteiger partial charge in [-0.15, -0.1) is 0 Å². The predicted molar refractivity (Wildman–Crippen MR) is 81.1 cm³/mol. The summed E-state index contributed by atoms with van der Waals surface area (Å²) in [5.74, 6) is 0.732. The molecule has 1 saturated heterocycles. The molecule has 1 N–H and O–H groups in total. The van der Waals surface area contributed by atoms with Crippen molar-refractivity contribution in [2.45, 2.75) is 6.92 Å². The van der Waals surface area contributed by atoms with Crippen LogP contribution >= 0.6 is 11.6 Å². The number of nitrogens with zero attached hydrogens (tertiary/aromatic N) is 5. The van der Waals surface area contributed by atoms with Gasteiger partial charge in [-0.1, -0.05) is 11.6 Å². The number of piperazine rings is 1. The summed E-state index contributed by atoms with van der Waals surface area (Å²) in [5, 5.41) is 6.31. The van der Waals surface area contributed by atoms with E-state index in [1.165, 1.54) is 0 Å². The van der Waals surface area contributed by atoms with Crippen LogP contribution in [0.2, 0.25) is 5.02 Å². The van der Waals surface area contributed by atoms with Crippen LogP contribution in [0.25, 0.3) is 0 Å². The van der Waals surface area contributed by atoms with E-state index in [0.29, 0.717) is 5.69 Å². The maximum Gasteiger partial charge on any atom is 0.285 e. The van der Waals surface area contributed by atoms with Crippen LogP contribution < -0.4 is 15.4 Å². The van der Waals surface area contributed by atoms with Crippen LogP contribution in [0.1, 0.15) is 5.56 Å². The zero-order valence-electron chi connectivity index (χ0n) is 11.6. The smallest absolute Gasteiger partial charge is 0.285 e. The second kappa shape index (κ2) is 5.69. The molecule has 3 rings (SSSR count). The van der Waals surface area contributed by atoms with E-state index in [-0.39, 0.29) is 10.6 Å². The highest BCUT2D eigenvalue weighted by atomic mass is 35.5. The molecular formula is C13H15ClN6O. The number of halogens is 1. The van der Waals surface area contributed by atoms with Crippen molar-refractivity contribution in [1.82, 2.24) is 20.2 Å². The Hall–Kier alpha value is -2.15. The fourth-order valence-corrected chi connectivity index (χ4v) is 2.50. The second-order valence-electron chi connectivity index (χ2n) is 4.93. The van der Waals surface area contributed by atoms with E-state index < -0.39 is 0 Å². The number of aryl methyl sites for hydroxylation is 1. The Morgan fingerprint density at radius 1 is 1.10 bits per heavy atom. The maximum absolute atomic E-state index is 11.5. The van der Waals surface area contributed by atoms with Gasteiger partial charge in [-0.05, 0) is 12.5 Å². The van der Waals surface area contributed by atoms with Gasteiger partial charge in [0.1, 0.15) is 5.02 Å². The summed E-state index contributed by atoms with van der Waals surface area (Å²) in [6, 6.07) is 0. The molecule has 7 nitrogen and oxygen atoms in total. The minimum atomic E-state index is -0.363. The number of rotatable bonds is 2. The third-order valence-corrected chi connectivity index (χ3v) is 3.81. The Morgan fingerprint density at radius 3 is 2.38 bits per heavy atom. The average Bonchev–Trinajstić information content (AvgIpc) is 2.51. The molecule has 2 aromatic heterocycles. The molecule has 8 heteroatoms. The zero-order valence-corrected chi connectivity index (χ0v) is 12.3. The van der Waals surface area contributed by atoms with Gasteiger partial charge in [0, 0.05) is 38.6 Å². The van der Waals surface area contributed by atoms with Crippen molar-refractivity contribution in [2.24, 2.45) is 0 Å². The van der Waals surface area contributed by atoms with Crippen LogP contribution in [0, 0.1) is 6.92 Å². The largest absolute Gasteiger partial charge is 0.365 e. The molecule has 0 bridgehead atoms. The Balaban J connectivity index is 1.71. The Labute approximate surface area is 126 Å². The van der Waals surface area contributed by atoms with Gasteiger partial charge in [0.2, 0.25) is 5.95 Å². The number of aromatic amines is 1. The number of anilines is 2. The fraction of sp³-hybridized carbons (Fsp3) is 0.385. The van der Waals surface area contributed by atoms with E-state index in [9.17, 15) is 4.79 Å². The van der Waals surface area contributed by atoms with Gasteiger partial charge in [0.25, 0.3) is 5.56 Å². The van der Waals surface area contributed by atoms with E-state index in [2.05, 4.69) is 30.0 Å². The molecule has 0 saturated carbocycles. The van der Waals surface area contributed by atoms with Crippen molar-refractivity contribution in [3.8, 4) is 0 Å². The highest BCUT2D eigenvalue weighted by Crippen LogP contribution is 2.22. The molecule has 110 valence electrons. The highest BCUT2D eigenvalue weighted by Gasteiger charge is 2.21. The summed E-state index contributed by atoms with van der Waals surface area (Å²) in [6.45, 7) is 4.98. The van der Waals surface area contributed by atoms with Crippen LogP contribution in [-0.2, 0) is 0 Å². The fourth-order valence-electron chi connectivity index (χ4n) is 2.29. The van der Waals surface area contributed by atoms with E-state index in [4.69, 9.17) is 11.6 Å². The summed E-state index contributed by atoms with van der Waals surface area (Å²) in [6.07, 6.45) is 5.21. The first-order chi connectivity index (χ1) is 10.1. The molecule has 0 spiro atoms. The monoisotopic (exact) mass is 306 g/mol. The SMILES string of the molecule is Cc1cnc(N2CCN(c3cn[nH]c(=O)c3Cl)CC2)nc1. The van der Waals surface area contributed by atoms with Crippen molar-refractivity contribution in [2.75, 3.05) is 36.0 Å². The molecule has 1 aliphatic heterocycles. The molecule has 2 aromatic rings. The first-order valence-electron chi connectivity index (χ1n) is 6.67. The minimum absolute atomic E-state index is 0.185. The molecule has 0 aromatic carbocycles. The molecule has 0 aliphatic carbocycles. The number of hydrogen-bond acceptors (Lipinski definition) is 6. The van der Waals surface area contributed by atoms with Crippen LogP contribution in [-0.4, -0.2) is 46.3 Å². The molecule has 1 aliphatic rings. The first-order valence-corrected chi connectivity index (χ1v) is 7.04. The molecular weight excluding hydrogens is 292 g/mol. The van der Waals surface area contributed by atoms with Gasteiger partial charge in [0.15, 0.2) is 0 Å². The van der Waals surface area contributed by atoms with Crippen molar-refractivity contribution < 1.29 is 0 Å². The van der Waals surface area contributed by atoms with Gasteiger partial charge >= 0.3 is 0 Å². The van der Waals surface area contributed by atoms with Crippen molar-refractivity contribution >= 4 is 23.2 Å². The lowest BCUT2D eigenvalue weighted by atomic mass is 10.3. The summed E-state index contributed by atoms with van der Waals surface area (Å²) >= 11 is 6.03. The zero-order chi connectivity index (χ0) is 14.8. The van der Waals surface area contributed by atoms with Crippen LogP contribution in [0.5, 0.6) is 0 Å². The number of H-pyrrole nitrogens is 1. The van der Waals surface area contributed by atoms with Gasteiger partial charge in [-0.2, -0.15) is 5.10 Å². The van der Waals surface area contributed by atoms with Gasteiger partial charge < -0.3 is 9.80 Å². The van der Waals surface area contributed by atoms with Crippen LogP contribution in [0.4, 0.5) is 11.6 Å². The molecule has 1 fully saturated rings. The average molecular weight is 307 g/mol. The number of hydrogen-bond donors (Lipinski definition) is 1. The number of aromatic nitrogens is 4. The lowest BCUT2D eigenvalue weighted by Crippen LogP contribution is -2.47. The van der Waals surface area contributed by atoms with E-state index in [0.717, 1.165) is 37.7 Å². The minimum Gasteiger partial charge on any atom is -0.365 e. The molecule has 0 atom stereocenters. The maximum atomic E-state index is 11.5. The molecule has 21 heavy (non-hydrogen) atoms. The summed E-state index contributed by atoms with van der Waals surface area (Å²) in [7, 11) is 0. The normalized spacial score (nSPS) is 15.3. The Kier molecular flexibility index (Phi) is 3.74. The van der Waals surface area contributed by atoms with Crippen molar-refractivity contribution in [3.05, 3.63) is 39.5 Å². The quantitative estimate of drug-likeness (QED) is 0.886. The van der Waals surface area contributed by atoms with Crippen molar-refractivity contribution in [3.63, 3.8) is 0 Å². The first kappa shape index (κ1) is 13.8. The molecule has 0 radical (unpaired) electrons. The Bertz CT molecular complexity index is 678. The summed E-state index contributed by atoms with van der Waals surface area (Å²) in [4.78, 5) is 24.3. The van der Waals surface area contributed by atoms with Gasteiger partial charge in [0.05, 0.1) is 11.9 Å². The van der Waals surface area contributed by atoms with E-state index in [1.807, 2.05) is 19.3 Å². The summed E-state index contributed by atoms with van der Waals surface area (Å²) < 4.78 is 0. The molecule has 3 heterocycles. The van der Waals surface area contributed by atoms with Gasteiger partial charge in [-0.25, -0.2) is 15.1 Å². The molecule has 0 amide bonds. The van der Waals surface area contributed by atoms with Crippen molar-refractivity contribution in [1.29, 1.82) is 0 Å². The standard InChI is InChI=1S/C13H15ClN6O/c1-9-6-15-13(16-7-9)20-4-2-19(3-5-20)10-8-17-18-12(21)11(10)14/h6-8H,2-5H2,1H3,(H,18,21). The van der Waals surface area contributed by atoms with Crippen LogP contribution in [0.3, 0.4) is 0 Å².